The van der Waals surface area contributed by atoms with Crippen molar-refractivity contribution in [3.63, 3.8) is 0 Å². The fraction of sp³-hybridized carbons (Fsp3) is 0.375. The number of aliphatic carboxylic acids is 1. The van der Waals surface area contributed by atoms with E-state index < -0.39 is 11.9 Å². The molecule has 1 aliphatic heterocycles. The van der Waals surface area contributed by atoms with Crippen LogP contribution in [0, 0.1) is 5.92 Å². The average Bonchev–Trinajstić information content (AvgIpc) is 3.39. The lowest BCUT2D eigenvalue weighted by Gasteiger charge is -2.16. The van der Waals surface area contributed by atoms with Crippen LogP contribution < -0.4 is 0 Å². The molecule has 1 fully saturated rings. The Bertz CT molecular complexity index is 937. The molecule has 1 saturated heterocycles. The van der Waals surface area contributed by atoms with Crippen molar-refractivity contribution >= 4 is 17.7 Å². The maximum atomic E-state index is 12.7. The van der Waals surface area contributed by atoms with Crippen LogP contribution in [-0.2, 0) is 22.4 Å². The monoisotopic (exact) mass is 391 g/mol. The lowest BCUT2D eigenvalue weighted by molar-refractivity contribution is -0.141. The smallest absolute Gasteiger partial charge is 0.308 e. The molecule has 0 bridgehead atoms. The first-order valence-corrected chi connectivity index (χ1v) is 10.2. The number of fused-ring (bicyclic) bond motifs is 1. The number of Topliss-reactive ketones (excluding diaryl/α,β-unsaturated/α-hetero) is 1. The molecule has 4 rings (SSSR count). The van der Waals surface area contributed by atoms with Crippen molar-refractivity contribution in [2.75, 3.05) is 13.1 Å². The highest BCUT2D eigenvalue weighted by atomic mass is 16.4. The van der Waals surface area contributed by atoms with E-state index in [9.17, 15) is 19.5 Å². The maximum absolute atomic E-state index is 12.7. The van der Waals surface area contributed by atoms with Gasteiger partial charge in [-0.1, -0.05) is 42.5 Å². The molecule has 1 aliphatic carbocycles. The summed E-state index contributed by atoms with van der Waals surface area (Å²) >= 11 is 0. The maximum Gasteiger partial charge on any atom is 0.308 e. The van der Waals surface area contributed by atoms with Gasteiger partial charge < -0.3 is 10.0 Å². The van der Waals surface area contributed by atoms with Gasteiger partial charge in [-0.3, -0.25) is 14.4 Å². The number of carbonyl (C=O) groups excluding carboxylic acids is 2. The lowest BCUT2D eigenvalue weighted by atomic mass is 9.89. The number of ketones is 1. The van der Waals surface area contributed by atoms with E-state index in [4.69, 9.17) is 0 Å². The SMILES string of the molecule is O=C(CCC(=O)N1C[C@H](c2ccccc2)[C@H](C(=O)O)C1)c1ccc2c(c1)CCC2. The minimum atomic E-state index is -0.886. The highest BCUT2D eigenvalue weighted by molar-refractivity contribution is 5.98. The molecule has 2 aromatic carbocycles. The number of carboxylic acid groups (broad SMARTS) is 1. The van der Waals surface area contributed by atoms with Crippen molar-refractivity contribution in [1.29, 1.82) is 0 Å². The molecule has 1 amide bonds. The average molecular weight is 391 g/mol. The number of aryl methyl sites for hydroxylation is 2. The molecule has 150 valence electrons. The van der Waals surface area contributed by atoms with Gasteiger partial charge in [0.25, 0.3) is 0 Å². The number of hydrogen-bond donors (Lipinski definition) is 1. The summed E-state index contributed by atoms with van der Waals surface area (Å²) in [7, 11) is 0. The first kappa shape index (κ1) is 19.4. The Kier molecular flexibility index (Phi) is 5.47. The van der Waals surface area contributed by atoms with Crippen molar-refractivity contribution in [3.8, 4) is 0 Å². The number of benzene rings is 2. The molecule has 0 saturated carbocycles. The Morgan fingerprint density at radius 2 is 1.69 bits per heavy atom. The molecule has 5 heteroatoms. The summed E-state index contributed by atoms with van der Waals surface area (Å²) in [4.78, 5) is 38.6. The standard InChI is InChI=1S/C24H25NO4/c26-22(19-10-9-16-7-4-8-18(16)13-19)11-12-23(27)25-14-20(21(15-25)24(28)29)17-5-2-1-3-6-17/h1-3,5-6,9-10,13,20-21H,4,7-8,11-12,14-15H2,(H,28,29)/t20-,21-/m1/s1. The number of likely N-dealkylation sites (tertiary alicyclic amines) is 1. The molecule has 1 N–H and O–H groups in total. The van der Waals surface area contributed by atoms with Crippen LogP contribution in [0.4, 0.5) is 0 Å². The fourth-order valence-corrected chi connectivity index (χ4v) is 4.56. The van der Waals surface area contributed by atoms with Gasteiger partial charge in [-0.2, -0.15) is 0 Å². The predicted molar refractivity (Wildman–Crippen MR) is 109 cm³/mol. The van der Waals surface area contributed by atoms with Crippen LogP contribution >= 0.6 is 0 Å². The summed E-state index contributed by atoms with van der Waals surface area (Å²) in [5, 5.41) is 9.60. The fourth-order valence-electron chi connectivity index (χ4n) is 4.56. The highest BCUT2D eigenvalue weighted by Gasteiger charge is 2.40. The van der Waals surface area contributed by atoms with Crippen molar-refractivity contribution < 1.29 is 19.5 Å². The number of hydrogen-bond acceptors (Lipinski definition) is 3. The largest absolute Gasteiger partial charge is 0.481 e. The number of carbonyl (C=O) groups is 3. The molecular weight excluding hydrogens is 366 g/mol. The van der Waals surface area contributed by atoms with E-state index >= 15 is 0 Å². The Morgan fingerprint density at radius 3 is 2.45 bits per heavy atom. The summed E-state index contributed by atoms with van der Waals surface area (Å²) in [5.74, 6) is -1.90. The summed E-state index contributed by atoms with van der Waals surface area (Å²) in [6, 6.07) is 15.3. The van der Waals surface area contributed by atoms with Crippen LogP contribution in [0.3, 0.4) is 0 Å². The second-order valence-corrected chi connectivity index (χ2v) is 8.02. The third-order valence-corrected chi connectivity index (χ3v) is 6.20. The lowest BCUT2D eigenvalue weighted by Crippen LogP contribution is -2.30. The molecule has 2 aliphatic rings. The third-order valence-electron chi connectivity index (χ3n) is 6.20. The summed E-state index contributed by atoms with van der Waals surface area (Å²) < 4.78 is 0. The molecule has 0 spiro atoms. The van der Waals surface area contributed by atoms with Crippen molar-refractivity contribution in [2.24, 2.45) is 5.92 Å². The van der Waals surface area contributed by atoms with Crippen LogP contribution in [0.15, 0.2) is 48.5 Å². The van der Waals surface area contributed by atoms with Gasteiger partial charge in [0.2, 0.25) is 5.91 Å². The number of rotatable bonds is 6. The van der Waals surface area contributed by atoms with Gasteiger partial charge in [0.15, 0.2) is 5.78 Å². The summed E-state index contributed by atoms with van der Waals surface area (Å²) in [6.45, 7) is 0.577. The number of amides is 1. The van der Waals surface area contributed by atoms with E-state index in [0.717, 1.165) is 24.8 Å². The second-order valence-electron chi connectivity index (χ2n) is 8.02. The Labute approximate surface area is 170 Å². The molecule has 1 heterocycles. The van der Waals surface area contributed by atoms with E-state index in [1.807, 2.05) is 48.5 Å². The van der Waals surface area contributed by atoms with Gasteiger partial charge >= 0.3 is 5.97 Å². The van der Waals surface area contributed by atoms with Crippen LogP contribution in [-0.4, -0.2) is 40.8 Å². The van der Waals surface area contributed by atoms with E-state index in [1.54, 1.807) is 4.90 Å². The quantitative estimate of drug-likeness (QED) is 0.765. The predicted octanol–water partition coefficient (Wildman–Crippen LogP) is 3.47. The van der Waals surface area contributed by atoms with Crippen LogP contribution in [0.2, 0.25) is 0 Å². The molecule has 5 nitrogen and oxygen atoms in total. The Balaban J connectivity index is 1.38. The zero-order valence-corrected chi connectivity index (χ0v) is 16.3. The molecule has 0 unspecified atom stereocenters. The molecule has 29 heavy (non-hydrogen) atoms. The number of carboxylic acids is 1. The molecular formula is C24H25NO4. The molecule has 2 atom stereocenters. The first-order chi connectivity index (χ1) is 14.0. The molecule has 2 aromatic rings. The Hall–Kier alpha value is -2.95. The zero-order valence-electron chi connectivity index (χ0n) is 16.3. The van der Waals surface area contributed by atoms with Crippen molar-refractivity contribution in [3.05, 3.63) is 70.8 Å². The van der Waals surface area contributed by atoms with E-state index in [1.165, 1.54) is 11.1 Å². The number of nitrogens with zero attached hydrogens (tertiary/aromatic N) is 1. The Morgan fingerprint density at radius 1 is 0.931 bits per heavy atom. The van der Waals surface area contributed by atoms with Gasteiger partial charge in [0.05, 0.1) is 5.92 Å². The van der Waals surface area contributed by atoms with Crippen molar-refractivity contribution in [2.45, 2.75) is 38.0 Å². The summed E-state index contributed by atoms with van der Waals surface area (Å²) in [5.41, 5.74) is 4.17. The normalized spacial score (nSPS) is 20.5. The van der Waals surface area contributed by atoms with E-state index in [2.05, 4.69) is 0 Å². The highest BCUT2D eigenvalue weighted by Crippen LogP contribution is 2.33. The molecule has 0 aromatic heterocycles. The van der Waals surface area contributed by atoms with Gasteiger partial charge in [-0.25, -0.2) is 0 Å². The molecule has 0 radical (unpaired) electrons. The van der Waals surface area contributed by atoms with Gasteiger partial charge in [0, 0.05) is 37.4 Å². The van der Waals surface area contributed by atoms with Gasteiger partial charge in [-0.15, -0.1) is 0 Å². The zero-order chi connectivity index (χ0) is 20.4. The van der Waals surface area contributed by atoms with Gasteiger partial charge in [0.1, 0.15) is 0 Å². The minimum Gasteiger partial charge on any atom is -0.481 e. The second kappa shape index (κ2) is 8.19. The van der Waals surface area contributed by atoms with E-state index in [-0.39, 0.29) is 37.0 Å². The van der Waals surface area contributed by atoms with Gasteiger partial charge in [-0.05, 0) is 42.0 Å². The van der Waals surface area contributed by atoms with Crippen LogP contribution in [0.25, 0.3) is 0 Å². The third kappa shape index (κ3) is 4.09. The summed E-state index contributed by atoms with van der Waals surface area (Å²) in [6.07, 6.45) is 3.49. The van der Waals surface area contributed by atoms with Crippen molar-refractivity contribution in [1.82, 2.24) is 4.90 Å². The van der Waals surface area contributed by atoms with Crippen LogP contribution in [0.5, 0.6) is 0 Å². The topological polar surface area (TPSA) is 74.7 Å². The van der Waals surface area contributed by atoms with Crippen LogP contribution in [0.1, 0.15) is 52.2 Å². The van der Waals surface area contributed by atoms with E-state index in [0.29, 0.717) is 12.1 Å². The first-order valence-electron chi connectivity index (χ1n) is 10.2. The minimum absolute atomic E-state index is 0.0263.